The van der Waals surface area contributed by atoms with Crippen LogP contribution in [-0.2, 0) is 14.3 Å². The van der Waals surface area contributed by atoms with Gasteiger partial charge in [0.25, 0.3) is 0 Å². The summed E-state index contributed by atoms with van der Waals surface area (Å²) in [4.78, 5) is 23.1. The summed E-state index contributed by atoms with van der Waals surface area (Å²) in [6, 6.07) is 0. The minimum Gasteiger partial charge on any atom is -0.460 e. The predicted octanol–water partition coefficient (Wildman–Crippen LogP) is 2.97. The number of hydrogen-bond acceptors (Lipinski definition) is 3. The Hall–Kier alpha value is -0.860. The molecule has 17 heavy (non-hydrogen) atoms. The number of carbonyl (C=O) groups is 2. The molecule has 1 saturated carbocycles. The summed E-state index contributed by atoms with van der Waals surface area (Å²) in [5.41, 5.74) is -0.492. The third-order valence-electron chi connectivity index (χ3n) is 3.79. The number of ketones is 1. The maximum Gasteiger partial charge on any atom is 0.306 e. The van der Waals surface area contributed by atoms with Crippen LogP contribution in [0.5, 0.6) is 0 Å². The van der Waals surface area contributed by atoms with Crippen LogP contribution in [0.1, 0.15) is 54.4 Å². The van der Waals surface area contributed by atoms with Crippen LogP contribution in [0, 0.1) is 17.3 Å². The summed E-state index contributed by atoms with van der Waals surface area (Å²) < 4.78 is 5.31. The molecule has 1 fully saturated rings. The molecule has 3 nitrogen and oxygen atoms in total. The molecule has 2 unspecified atom stereocenters. The van der Waals surface area contributed by atoms with E-state index >= 15 is 0 Å². The van der Waals surface area contributed by atoms with Gasteiger partial charge >= 0.3 is 5.97 Å². The van der Waals surface area contributed by atoms with Crippen LogP contribution in [0.25, 0.3) is 0 Å². The smallest absolute Gasteiger partial charge is 0.306 e. The second-order valence-corrected chi connectivity index (χ2v) is 6.71. The molecule has 0 bridgehead atoms. The Kier molecular flexibility index (Phi) is 3.70. The fraction of sp³-hybridized carbons (Fsp3) is 0.857. The fourth-order valence-electron chi connectivity index (χ4n) is 2.64. The van der Waals surface area contributed by atoms with Gasteiger partial charge < -0.3 is 4.74 Å². The van der Waals surface area contributed by atoms with Crippen molar-refractivity contribution in [1.82, 2.24) is 0 Å². The minimum atomic E-state index is -0.426. The van der Waals surface area contributed by atoms with E-state index in [1.807, 2.05) is 20.8 Å². The monoisotopic (exact) mass is 240 g/mol. The van der Waals surface area contributed by atoms with Crippen molar-refractivity contribution in [3.63, 3.8) is 0 Å². The third-order valence-corrected chi connectivity index (χ3v) is 3.79. The highest BCUT2D eigenvalue weighted by atomic mass is 16.6. The van der Waals surface area contributed by atoms with Gasteiger partial charge in [-0.25, -0.2) is 0 Å². The van der Waals surface area contributed by atoms with Gasteiger partial charge in [-0.15, -0.1) is 0 Å². The molecule has 98 valence electrons. The first-order valence-electron chi connectivity index (χ1n) is 6.26. The molecule has 0 saturated heterocycles. The number of carbonyl (C=O) groups excluding carboxylic acids is 2. The van der Waals surface area contributed by atoms with Gasteiger partial charge in [0.2, 0.25) is 0 Å². The maximum absolute atomic E-state index is 11.7. The van der Waals surface area contributed by atoms with E-state index in [1.165, 1.54) is 0 Å². The van der Waals surface area contributed by atoms with Crippen LogP contribution >= 0.6 is 0 Å². The SMILES string of the molecule is CC(=O)C1CC(CC(=O)OC(C)(C)C)C1(C)C. The van der Waals surface area contributed by atoms with E-state index in [4.69, 9.17) is 4.74 Å². The molecule has 0 spiro atoms. The summed E-state index contributed by atoms with van der Waals surface area (Å²) in [6.45, 7) is 11.4. The van der Waals surface area contributed by atoms with E-state index in [2.05, 4.69) is 13.8 Å². The highest BCUT2D eigenvalue weighted by Gasteiger charge is 2.50. The summed E-state index contributed by atoms with van der Waals surface area (Å²) in [7, 11) is 0. The largest absolute Gasteiger partial charge is 0.460 e. The number of rotatable bonds is 3. The zero-order chi connectivity index (χ0) is 13.4. The van der Waals surface area contributed by atoms with Gasteiger partial charge in [0.15, 0.2) is 0 Å². The summed E-state index contributed by atoms with van der Waals surface area (Å²) in [5.74, 6) is 0.453. The molecule has 0 heterocycles. The second kappa shape index (κ2) is 4.43. The normalized spacial score (nSPS) is 27.2. The van der Waals surface area contributed by atoms with Crippen molar-refractivity contribution in [3.8, 4) is 0 Å². The molecule has 0 N–H and O–H groups in total. The van der Waals surface area contributed by atoms with Gasteiger partial charge in [0.1, 0.15) is 11.4 Å². The predicted molar refractivity (Wildman–Crippen MR) is 66.5 cm³/mol. The average Bonchev–Trinajstić information content (AvgIpc) is 2.07. The van der Waals surface area contributed by atoms with E-state index in [9.17, 15) is 9.59 Å². The molecule has 0 aliphatic heterocycles. The van der Waals surface area contributed by atoms with Crippen molar-refractivity contribution in [3.05, 3.63) is 0 Å². The highest BCUT2D eigenvalue weighted by molar-refractivity contribution is 5.81. The molecule has 0 aromatic heterocycles. The molecule has 0 amide bonds. The molecular weight excluding hydrogens is 216 g/mol. The van der Waals surface area contributed by atoms with Crippen molar-refractivity contribution >= 4 is 11.8 Å². The van der Waals surface area contributed by atoms with Gasteiger partial charge in [0, 0.05) is 12.3 Å². The highest BCUT2D eigenvalue weighted by Crippen LogP contribution is 2.53. The first-order valence-corrected chi connectivity index (χ1v) is 6.26. The van der Waals surface area contributed by atoms with Gasteiger partial charge in [-0.3, -0.25) is 9.59 Å². The molecular formula is C14H24O3. The van der Waals surface area contributed by atoms with Crippen molar-refractivity contribution in [2.75, 3.05) is 0 Å². The summed E-state index contributed by atoms with van der Waals surface area (Å²) in [5, 5.41) is 0. The zero-order valence-electron chi connectivity index (χ0n) is 11.8. The van der Waals surface area contributed by atoms with Gasteiger partial charge in [-0.05, 0) is 45.4 Å². The summed E-state index contributed by atoms with van der Waals surface area (Å²) in [6.07, 6.45) is 1.25. The van der Waals surface area contributed by atoms with Crippen molar-refractivity contribution in [2.45, 2.75) is 60.0 Å². The second-order valence-electron chi connectivity index (χ2n) is 6.71. The van der Waals surface area contributed by atoms with Crippen LogP contribution in [0.15, 0.2) is 0 Å². The lowest BCUT2D eigenvalue weighted by atomic mass is 9.53. The van der Waals surface area contributed by atoms with Crippen molar-refractivity contribution < 1.29 is 14.3 Å². The summed E-state index contributed by atoms with van der Waals surface area (Å²) >= 11 is 0. The number of hydrogen-bond donors (Lipinski definition) is 0. The van der Waals surface area contributed by atoms with Crippen LogP contribution in [0.4, 0.5) is 0 Å². The Balaban J connectivity index is 2.51. The Morgan fingerprint density at radius 3 is 2.18 bits per heavy atom. The van der Waals surface area contributed by atoms with E-state index < -0.39 is 5.60 Å². The van der Waals surface area contributed by atoms with E-state index in [1.54, 1.807) is 6.92 Å². The maximum atomic E-state index is 11.7. The molecule has 1 aliphatic carbocycles. The van der Waals surface area contributed by atoms with E-state index in [-0.39, 0.29) is 29.0 Å². The number of esters is 1. The lowest BCUT2D eigenvalue weighted by molar-refractivity contribution is -0.163. The first kappa shape index (κ1) is 14.2. The van der Waals surface area contributed by atoms with Gasteiger partial charge in [-0.2, -0.15) is 0 Å². The Labute approximate surface area is 104 Å². The fourth-order valence-corrected chi connectivity index (χ4v) is 2.64. The van der Waals surface area contributed by atoms with Crippen LogP contribution in [0.3, 0.4) is 0 Å². The Bertz CT molecular complexity index is 323. The molecule has 1 rings (SSSR count). The van der Waals surface area contributed by atoms with Gasteiger partial charge in [-0.1, -0.05) is 13.8 Å². The van der Waals surface area contributed by atoms with Crippen molar-refractivity contribution in [2.24, 2.45) is 17.3 Å². The van der Waals surface area contributed by atoms with Crippen LogP contribution in [0.2, 0.25) is 0 Å². The zero-order valence-corrected chi connectivity index (χ0v) is 11.8. The van der Waals surface area contributed by atoms with Crippen LogP contribution < -0.4 is 0 Å². The standard InChI is InChI=1S/C14H24O3/c1-9(15)11-7-10(14(11,5)6)8-12(16)17-13(2,3)4/h10-11H,7-8H2,1-6H3. The van der Waals surface area contributed by atoms with Gasteiger partial charge in [0.05, 0.1) is 0 Å². The lowest BCUT2D eigenvalue weighted by Crippen LogP contribution is -2.49. The third kappa shape index (κ3) is 3.30. The molecule has 0 radical (unpaired) electrons. The lowest BCUT2D eigenvalue weighted by Gasteiger charge is -2.51. The minimum absolute atomic E-state index is 0.0667. The molecule has 1 aliphatic rings. The Morgan fingerprint density at radius 2 is 1.82 bits per heavy atom. The quantitative estimate of drug-likeness (QED) is 0.712. The molecule has 2 atom stereocenters. The number of ether oxygens (including phenoxy) is 1. The topological polar surface area (TPSA) is 43.4 Å². The molecule has 0 aromatic rings. The van der Waals surface area contributed by atoms with E-state index in [0.717, 1.165) is 6.42 Å². The van der Waals surface area contributed by atoms with E-state index in [0.29, 0.717) is 6.42 Å². The molecule has 0 aromatic carbocycles. The Morgan fingerprint density at radius 1 is 1.29 bits per heavy atom. The number of Topliss-reactive ketones (excluding diaryl/α,β-unsaturated/α-hetero) is 1. The molecule has 3 heteroatoms. The average molecular weight is 240 g/mol. The van der Waals surface area contributed by atoms with Crippen molar-refractivity contribution in [1.29, 1.82) is 0 Å². The van der Waals surface area contributed by atoms with Crippen LogP contribution in [-0.4, -0.2) is 17.4 Å². The first-order chi connectivity index (χ1) is 7.54.